The number of aliphatic hydroxyl groups is 1. The van der Waals surface area contributed by atoms with Crippen molar-refractivity contribution < 1.29 is 38.6 Å². The number of hydrogen-bond acceptors (Lipinski definition) is 8. The third-order valence-electron chi connectivity index (χ3n) is 4.45. The molecule has 132 valence electrons. The molecule has 8 heteroatoms. The van der Waals surface area contributed by atoms with E-state index in [-0.39, 0.29) is 18.1 Å². The van der Waals surface area contributed by atoms with Crippen molar-refractivity contribution in [2.45, 2.75) is 50.3 Å². The number of phenolic OH excluding ortho intramolecular Hbond substituents is 1. The predicted molar refractivity (Wildman–Crippen MR) is 78.7 cm³/mol. The fraction of sp³-hybridized carbons (Fsp3) is 0.625. The number of phenols is 1. The Morgan fingerprint density at radius 2 is 1.92 bits per heavy atom. The average Bonchev–Trinajstić information content (AvgIpc) is 3.16. The number of aromatic hydroxyl groups is 1. The van der Waals surface area contributed by atoms with Gasteiger partial charge in [0.1, 0.15) is 30.2 Å². The van der Waals surface area contributed by atoms with E-state index in [0.717, 1.165) is 0 Å². The Morgan fingerprint density at radius 1 is 1.21 bits per heavy atom. The lowest BCUT2D eigenvalue weighted by molar-refractivity contribution is -0.228. The normalized spacial score (nSPS) is 34.3. The van der Waals surface area contributed by atoms with E-state index >= 15 is 0 Å². The Hall–Kier alpha value is -1.58. The van der Waals surface area contributed by atoms with Gasteiger partial charge in [0.05, 0.1) is 0 Å². The van der Waals surface area contributed by atoms with Crippen molar-refractivity contribution in [3.05, 3.63) is 17.7 Å². The van der Waals surface area contributed by atoms with Crippen molar-refractivity contribution in [3.8, 4) is 17.2 Å². The Balaban J connectivity index is 1.60. The molecule has 4 rings (SSSR count). The topological polar surface area (TPSA) is 95.8 Å². The lowest BCUT2D eigenvalue weighted by Crippen LogP contribution is -2.39. The molecule has 0 amide bonds. The first-order valence-electron chi connectivity index (χ1n) is 7.74. The molecule has 1 aromatic rings. The standard InChI is InChI=1S/C16H20O8/c1-16(2)23-14-13(19-3)12(22-15(14)24-16)11(18)7-4-9-10(5-8(7)17)21-6-20-9/h4-5,11-15,17-18H,6H2,1-3H3/t11-,12-,13+,14-,15-/m1/s1. The molecule has 0 aliphatic carbocycles. The van der Waals surface area contributed by atoms with Crippen LogP contribution in [0.4, 0.5) is 0 Å². The van der Waals surface area contributed by atoms with Crippen molar-refractivity contribution in [1.29, 1.82) is 0 Å². The minimum absolute atomic E-state index is 0.0792. The molecule has 0 unspecified atom stereocenters. The highest BCUT2D eigenvalue weighted by molar-refractivity contribution is 5.52. The lowest BCUT2D eigenvalue weighted by atomic mass is 9.98. The summed E-state index contributed by atoms with van der Waals surface area (Å²) in [6.07, 6.45) is -3.55. The smallest absolute Gasteiger partial charge is 0.231 e. The van der Waals surface area contributed by atoms with Crippen LogP contribution in [0, 0.1) is 0 Å². The molecule has 0 aromatic heterocycles. The van der Waals surface area contributed by atoms with E-state index in [2.05, 4.69) is 0 Å². The Bertz CT molecular complexity index is 645. The quantitative estimate of drug-likeness (QED) is 0.843. The van der Waals surface area contributed by atoms with Gasteiger partial charge < -0.3 is 38.6 Å². The lowest BCUT2D eigenvalue weighted by Gasteiger charge is -2.28. The molecule has 2 fully saturated rings. The summed E-state index contributed by atoms with van der Waals surface area (Å²) >= 11 is 0. The summed E-state index contributed by atoms with van der Waals surface area (Å²) in [5.41, 5.74) is 0.269. The first-order chi connectivity index (χ1) is 11.4. The van der Waals surface area contributed by atoms with E-state index < -0.39 is 36.5 Å². The second-order valence-corrected chi connectivity index (χ2v) is 6.48. The Labute approximate surface area is 138 Å². The molecule has 1 aromatic carbocycles. The van der Waals surface area contributed by atoms with E-state index in [1.165, 1.54) is 19.2 Å². The zero-order valence-electron chi connectivity index (χ0n) is 13.6. The summed E-state index contributed by atoms with van der Waals surface area (Å²) in [5.74, 6) is 0.0135. The van der Waals surface area contributed by atoms with Gasteiger partial charge >= 0.3 is 0 Å². The summed E-state index contributed by atoms with van der Waals surface area (Å²) in [7, 11) is 1.52. The van der Waals surface area contributed by atoms with Crippen LogP contribution in [0.2, 0.25) is 0 Å². The second-order valence-electron chi connectivity index (χ2n) is 6.48. The van der Waals surface area contributed by atoms with Gasteiger partial charge in [0.15, 0.2) is 23.6 Å². The maximum Gasteiger partial charge on any atom is 0.231 e. The number of fused-ring (bicyclic) bond motifs is 2. The molecule has 0 spiro atoms. The van der Waals surface area contributed by atoms with Gasteiger partial charge in [0.2, 0.25) is 6.79 Å². The number of methoxy groups -OCH3 is 1. The molecule has 0 bridgehead atoms. The van der Waals surface area contributed by atoms with Crippen LogP contribution in [0.5, 0.6) is 17.2 Å². The van der Waals surface area contributed by atoms with Crippen LogP contribution < -0.4 is 9.47 Å². The van der Waals surface area contributed by atoms with Gasteiger partial charge in [-0.15, -0.1) is 0 Å². The van der Waals surface area contributed by atoms with Crippen LogP contribution in [-0.4, -0.2) is 54.5 Å². The average molecular weight is 340 g/mol. The molecular weight excluding hydrogens is 320 g/mol. The van der Waals surface area contributed by atoms with E-state index in [9.17, 15) is 10.2 Å². The zero-order chi connectivity index (χ0) is 17.1. The van der Waals surface area contributed by atoms with Crippen molar-refractivity contribution in [1.82, 2.24) is 0 Å². The van der Waals surface area contributed by atoms with Gasteiger partial charge in [0, 0.05) is 18.7 Å². The summed E-state index contributed by atoms with van der Waals surface area (Å²) < 4.78 is 33.3. The molecule has 3 heterocycles. The summed E-state index contributed by atoms with van der Waals surface area (Å²) in [6, 6.07) is 2.95. The van der Waals surface area contributed by atoms with Gasteiger partial charge in [-0.3, -0.25) is 0 Å². The molecular formula is C16H20O8. The fourth-order valence-corrected chi connectivity index (χ4v) is 3.39. The molecule has 3 aliphatic rings. The van der Waals surface area contributed by atoms with Crippen LogP contribution in [0.25, 0.3) is 0 Å². The molecule has 2 N–H and O–H groups in total. The molecule has 8 nitrogen and oxygen atoms in total. The fourth-order valence-electron chi connectivity index (χ4n) is 3.39. The maximum absolute atomic E-state index is 10.7. The number of hydrogen-bond donors (Lipinski definition) is 2. The van der Waals surface area contributed by atoms with Crippen molar-refractivity contribution in [2.24, 2.45) is 0 Å². The summed E-state index contributed by atoms with van der Waals surface area (Å²) in [4.78, 5) is 0. The zero-order valence-corrected chi connectivity index (χ0v) is 13.6. The largest absolute Gasteiger partial charge is 0.507 e. The highest BCUT2D eigenvalue weighted by atomic mass is 16.8. The second kappa shape index (κ2) is 5.47. The minimum atomic E-state index is -1.15. The Kier molecular flexibility index (Phi) is 3.63. The molecule has 3 aliphatic heterocycles. The van der Waals surface area contributed by atoms with Crippen LogP contribution in [-0.2, 0) is 18.9 Å². The van der Waals surface area contributed by atoms with Gasteiger partial charge in [-0.25, -0.2) is 0 Å². The Morgan fingerprint density at radius 3 is 2.62 bits per heavy atom. The summed E-state index contributed by atoms with van der Waals surface area (Å²) in [5, 5.41) is 20.9. The molecule has 0 radical (unpaired) electrons. The van der Waals surface area contributed by atoms with E-state index in [1.807, 2.05) is 0 Å². The van der Waals surface area contributed by atoms with Crippen molar-refractivity contribution in [2.75, 3.05) is 13.9 Å². The van der Waals surface area contributed by atoms with E-state index in [1.54, 1.807) is 13.8 Å². The van der Waals surface area contributed by atoms with Crippen LogP contribution >= 0.6 is 0 Å². The van der Waals surface area contributed by atoms with Crippen LogP contribution in [0.15, 0.2) is 12.1 Å². The van der Waals surface area contributed by atoms with Crippen LogP contribution in [0.1, 0.15) is 25.5 Å². The van der Waals surface area contributed by atoms with E-state index in [4.69, 9.17) is 28.4 Å². The highest BCUT2D eigenvalue weighted by Crippen LogP contribution is 2.45. The summed E-state index contributed by atoms with van der Waals surface area (Å²) in [6.45, 7) is 3.66. The molecule has 5 atom stereocenters. The maximum atomic E-state index is 10.7. The minimum Gasteiger partial charge on any atom is -0.507 e. The predicted octanol–water partition coefficient (Wildman–Crippen LogP) is 1.05. The van der Waals surface area contributed by atoms with Gasteiger partial charge in [-0.2, -0.15) is 0 Å². The number of aliphatic hydroxyl groups excluding tert-OH is 1. The number of benzene rings is 1. The van der Waals surface area contributed by atoms with Crippen molar-refractivity contribution >= 4 is 0 Å². The molecule has 2 saturated heterocycles. The van der Waals surface area contributed by atoms with Gasteiger partial charge in [0.25, 0.3) is 0 Å². The third kappa shape index (κ3) is 2.42. The SMILES string of the molecule is CO[C@@H]1[C@H]2OC(C)(C)O[C@H]2O[C@@H]1[C@H](O)c1cc2c(cc1O)OCO2. The van der Waals surface area contributed by atoms with Gasteiger partial charge in [-0.05, 0) is 19.9 Å². The monoisotopic (exact) mass is 340 g/mol. The molecule has 0 saturated carbocycles. The van der Waals surface area contributed by atoms with E-state index in [0.29, 0.717) is 11.5 Å². The highest BCUT2D eigenvalue weighted by Gasteiger charge is 2.57. The first kappa shape index (κ1) is 15.9. The third-order valence-corrected chi connectivity index (χ3v) is 4.45. The number of rotatable bonds is 3. The number of ether oxygens (including phenoxy) is 6. The van der Waals surface area contributed by atoms with Crippen molar-refractivity contribution in [3.63, 3.8) is 0 Å². The van der Waals surface area contributed by atoms with Crippen LogP contribution in [0.3, 0.4) is 0 Å². The first-order valence-corrected chi connectivity index (χ1v) is 7.74. The van der Waals surface area contributed by atoms with Gasteiger partial charge in [-0.1, -0.05) is 0 Å². The molecule has 24 heavy (non-hydrogen) atoms.